The van der Waals surface area contributed by atoms with Crippen LogP contribution in [-0.2, 0) is 31.2 Å². The van der Waals surface area contributed by atoms with Crippen LogP contribution in [0.1, 0.15) is 23.2 Å². The summed E-state index contributed by atoms with van der Waals surface area (Å²) in [6.45, 7) is -0.290. The Balaban J connectivity index is 1.89. The number of carbonyl (C=O) groups is 1. The highest BCUT2D eigenvalue weighted by molar-refractivity contribution is 6.27. The highest BCUT2D eigenvalue weighted by atomic mass is 35.5. The van der Waals surface area contributed by atoms with Gasteiger partial charge >= 0.3 is 0 Å². The Morgan fingerprint density at radius 1 is 1.36 bits per heavy atom. The van der Waals surface area contributed by atoms with Gasteiger partial charge < -0.3 is 4.90 Å². The van der Waals surface area contributed by atoms with E-state index in [2.05, 4.69) is 5.10 Å². The summed E-state index contributed by atoms with van der Waals surface area (Å²) in [4.78, 5) is 13.7. The molecule has 0 radical (unpaired) electrons. The van der Waals surface area contributed by atoms with Gasteiger partial charge in [-0.2, -0.15) is 5.10 Å². The molecular formula is C17H17ClF3N3O. The number of benzene rings is 1. The van der Waals surface area contributed by atoms with Gasteiger partial charge in [0.25, 0.3) is 0 Å². The van der Waals surface area contributed by atoms with Crippen LogP contribution < -0.4 is 0 Å². The lowest BCUT2D eigenvalue weighted by atomic mass is 9.92. The van der Waals surface area contributed by atoms with Gasteiger partial charge in [0.15, 0.2) is 0 Å². The Morgan fingerprint density at radius 3 is 2.68 bits per heavy atom. The fraction of sp³-hybridized carbons (Fsp3) is 0.412. The molecule has 0 saturated heterocycles. The molecule has 1 aliphatic carbocycles. The molecule has 8 heteroatoms. The van der Waals surface area contributed by atoms with Gasteiger partial charge in [0.2, 0.25) is 5.91 Å². The van der Waals surface area contributed by atoms with Crippen LogP contribution in [0.3, 0.4) is 0 Å². The van der Waals surface area contributed by atoms with Crippen molar-refractivity contribution in [1.82, 2.24) is 14.7 Å². The number of aryl methyl sites for hydroxylation is 2. The first-order valence-corrected chi connectivity index (χ1v) is 8.42. The third kappa shape index (κ3) is 3.51. The number of hydrogen-bond donors (Lipinski definition) is 0. The SMILES string of the molecule is Cn1ncc2c1CC(N(Cc1c(F)cc(F)cc1F)C(=O)CCl)CC2. The maximum Gasteiger partial charge on any atom is 0.238 e. The summed E-state index contributed by atoms with van der Waals surface area (Å²) in [7, 11) is 1.81. The lowest BCUT2D eigenvalue weighted by Gasteiger charge is -2.34. The van der Waals surface area contributed by atoms with E-state index in [4.69, 9.17) is 11.6 Å². The molecule has 0 N–H and O–H groups in total. The Hall–Kier alpha value is -2.02. The van der Waals surface area contributed by atoms with Crippen molar-refractivity contribution < 1.29 is 18.0 Å². The van der Waals surface area contributed by atoms with E-state index >= 15 is 0 Å². The molecule has 1 aliphatic rings. The Morgan fingerprint density at radius 2 is 2.04 bits per heavy atom. The molecular weight excluding hydrogens is 355 g/mol. The van der Waals surface area contributed by atoms with Gasteiger partial charge in [0, 0.05) is 42.9 Å². The molecule has 25 heavy (non-hydrogen) atoms. The van der Waals surface area contributed by atoms with Crippen molar-refractivity contribution >= 4 is 17.5 Å². The van der Waals surface area contributed by atoms with E-state index < -0.39 is 23.4 Å². The molecule has 4 nitrogen and oxygen atoms in total. The van der Waals surface area contributed by atoms with Crippen LogP contribution in [-0.4, -0.2) is 32.5 Å². The molecule has 1 aromatic carbocycles. The smallest absolute Gasteiger partial charge is 0.238 e. The second-order valence-corrected chi connectivity index (χ2v) is 6.41. The van der Waals surface area contributed by atoms with Crippen molar-refractivity contribution in [3.8, 4) is 0 Å². The van der Waals surface area contributed by atoms with E-state index in [1.165, 1.54) is 4.90 Å². The molecule has 0 bridgehead atoms. The normalized spacial score (nSPS) is 16.6. The molecule has 3 rings (SSSR count). The quantitative estimate of drug-likeness (QED) is 0.775. The van der Waals surface area contributed by atoms with Gasteiger partial charge in [0.05, 0.1) is 12.7 Å². The van der Waals surface area contributed by atoms with Crippen molar-refractivity contribution in [3.05, 3.63) is 52.6 Å². The fourth-order valence-electron chi connectivity index (χ4n) is 3.28. The summed E-state index contributed by atoms with van der Waals surface area (Å²) >= 11 is 5.69. The summed E-state index contributed by atoms with van der Waals surface area (Å²) < 4.78 is 42.8. The summed E-state index contributed by atoms with van der Waals surface area (Å²) in [6, 6.07) is 0.974. The largest absolute Gasteiger partial charge is 0.334 e. The molecule has 1 heterocycles. The van der Waals surface area contributed by atoms with E-state index in [0.29, 0.717) is 31.4 Å². The van der Waals surface area contributed by atoms with Crippen LogP contribution in [0.15, 0.2) is 18.3 Å². The fourth-order valence-corrected chi connectivity index (χ4v) is 3.44. The lowest BCUT2D eigenvalue weighted by molar-refractivity contribution is -0.131. The van der Waals surface area contributed by atoms with Gasteiger partial charge in [-0.25, -0.2) is 13.2 Å². The third-order valence-electron chi connectivity index (χ3n) is 4.63. The topological polar surface area (TPSA) is 38.1 Å². The first kappa shape index (κ1) is 17.8. The van der Waals surface area contributed by atoms with Crippen molar-refractivity contribution in [2.24, 2.45) is 7.05 Å². The minimum atomic E-state index is -1.01. The zero-order chi connectivity index (χ0) is 18.1. The predicted molar refractivity (Wildman–Crippen MR) is 86.6 cm³/mol. The molecule has 0 fully saturated rings. The number of carbonyl (C=O) groups excluding carboxylic acids is 1. The van der Waals surface area contributed by atoms with Gasteiger partial charge in [-0.3, -0.25) is 9.48 Å². The Kier molecular flexibility index (Phi) is 5.03. The molecule has 134 valence electrons. The minimum Gasteiger partial charge on any atom is -0.334 e. The van der Waals surface area contributed by atoms with E-state index in [0.717, 1.165) is 11.3 Å². The van der Waals surface area contributed by atoms with Crippen molar-refractivity contribution in [1.29, 1.82) is 0 Å². The van der Waals surface area contributed by atoms with Crippen molar-refractivity contribution in [2.75, 3.05) is 5.88 Å². The maximum atomic E-state index is 14.0. The van der Waals surface area contributed by atoms with Gasteiger partial charge in [0.1, 0.15) is 23.3 Å². The maximum absolute atomic E-state index is 14.0. The summed E-state index contributed by atoms with van der Waals surface area (Å²) in [5.74, 6) is -3.73. The lowest BCUT2D eigenvalue weighted by Crippen LogP contribution is -2.44. The summed E-state index contributed by atoms with van der Waals surface area (Å²) in [5.41, 5.74) is 1.76. The number of amides is 1. The predicted octanol–water partition coefficient (Wildman–Crippen LogP) is 2.96. The third-order valence-corrected chi connectivity index (χ3v) is 4.86. The average molecular weight is 372 g/mol. The molecule has 1 aromatic heterocycles. The average Bonchev–Trinajstić information content (AvgIpc) is 2.94. The molecule has 1 atom stereocenters. The molecule has 0 aliphatic heterocycles. The molecule has 1 amide bonds. The van der Waals surface area contributed by atoms with Crippen LogP contribution >= 0.6 is 11.6 Å². The van der Waals surface area contributed by atoms with Crippen molar-refractivity contribution in [3.63, 3.8) is 0 Å². The van der Waals surface area contributed by atoms with E-state index in [9.17, 15) is 18.0 Å². The molecule has 1 unspecified atom stereocenters. The van der Waals surface area contributed by atoms with Gasteiger partial charge in [-0.05, 0) is 18.4 Å². The number of aromatic nitrogens is 2. The highest BCUT2D eigenvalue weighted by Gasteiger charge is 2.30. The number of nitrogens with zero attached hydrogens (tertiary/aromatic N) is 3. The Bertz CT molecular complexity index is 785. The van der Waals surface area contributed by atoms with Gasteiger partial charge in [-0.1, -0.05) is 0 Å². The van der Waals surface area contributed by atoms with Crippen LogP contribution in [0.4, 0.5) is 13.2 Å². The van der Waals surface area contributed by atoms with E-state index in [1.807, 2.05) is 7.05 Å². The van der Waals surface area contributed by atoms with E-state index in [1.54, 1.807) is 10.9 Å². The summed E-state index contributed by atoms with van der Waals surface area (Å²) in [5, 5.41) is 4.20. The molecule has 2 aromatic rings. The first-order chi connectivity index (χ1) is 11.9. The first-order valence-electron chi connectivity index (χ1n) is 7.89. The molecule has 0 saturated carbocycles. The van der Waals surface area contributed by atoms with Crippen LogP contribution in [0.25, 0.3) is 0 Å². The zero-order valence-electron chi connectivity index (χ0n) is 13.6. The highest BCUT2D eigenvalue weighted by Crippen LogP contribution is 2.27. The monoisotopic (exact) mass is 371 g/mol. The number of rotatable bonds is 4. The number of hydrogen-bond acceptors (Lipinski definition) is 2. The van der Waals surface area contributed by atoms with Crippen LogP contribution in [0.2, 0.25) is 0 Å². The Labute approximate surface area is 148 Å². The second kappa shape index (κ2) is 7.07. The van der Waals surface area contributed by atoms with E-state index in [-0.39, 0.29) is 24.0 Å². The summed E-state index contributed by atoms with van der Waals surface area (Å²) in [6.07, 6.45) is 3.68. The standard InChI is InChI=1S/C17H17ClF3N3O/c1-23-16-6-12(3-2-10(16)8-22-23)24(17(25)7-18)9-13-14(20)4-11(19)5-15(13)21/h4-5,8,12H,2-3,6-7,9H2,1H3. The number of fused-ring (bicyclic) bond motifs is 1. The zero-order valence-corrected chi connectivity index (χ0v) is 14.4. The van der Waals surface area contributed by atoms with Crippen molar-refractivity contribution in [2.45, 2.75) is 31.8 Å². The minimum absolute atomic E-state index is 0.252. The second-order valence-electron chi connectivity index (χ2n) is 6.14. The number of alkyl halides is 1. The van der Waals surface area contributed by atoms with Crippen LogP contribution in [0.5, 0.6) is 0 Å². The van der Waals surface area contributed by atoms with Crippen LogP contribution in [0, 0.1) is 17.5 Å². The number of halogens is 4. The molecule has 0 spiro atoms. The van der Waals surface area contributed by atoms with Gasteiger partial charge in [-0.15, -0.1) is 11.6 Å².